The lowest BCUT2D eigenvalue weighted by Crippen LogP contribution is -2.32. The minimum atomic E-state index is -0.939. The number of aromatic carboxylic acids is 1. The van der Waals surface area contributed by atoms with E-state index in [1.165, 1.54) is 0 Å². The Balaban J connectivity index is 1.72. The van der Waals surface area contributed by atoms with E-state index in [4.69, 9.17) is 14.6 Å². The Hall–Kier alpha value is -1.59. The fraction of sp³-hybridized carbons (Fsp3) is 0.533. The van der Waals surface area contributed by atoms with Gasteiger partial charge >= 0.3 is 5.97 Å². The van der Waals surface area contributed by atoms with E-state index in [1.54, 1.807) is 24.3 Å². The van der Waals surface area contributed by atoms with Gasteiger partial charge in [0.05, 0.1) is 11.7 Å². The van der Waals surface area contributed by atoms with Crippen molar-refractivity contribution in [3.05, 3.63) is 29.8 Å². The Bertz CT molecular complexity index is 443. The highest BCUT2D eigenvalue weighted by Crippen LogP contribution is 2.14. The molecule has 20 heavy (non-hydrogen) atoms. The number of rotatable bonds is 7. The average molecular weight is 279 g/mol. The highest BCUT2D eigenvalue weighted by molar-refractivity contribution is 5.87. The molecule has 1 saturated heterocycles. The van der Waals surface area contributed by atoms with Crippen molar-refractivity contribution in [2.24, 2.45) is 0 Å². The van der Waals surface area contributed by atoms with Crippen molar-refractivity contribution in [2.75, 3.05) is 33.4 Å². The zero-order valence-corrected chi connectivity index (χ0v) is 11.7. The van der Waals surface area contributed by atoms with Crippen LogP contribution in [0.3, 0.4) is 0 Å². The summed E-state index contributed by atoms with van der Waals surface area (Å²) < 4.78 is 11.2. The fourth-order valence-corrected chi connectivity index (χ4v) is 2.27. The predicted octanol–water partition coefficient (Wildman–Crippen LogP) is 1.87. The van der Waals surface area contributed by atoms with Gasteiger partial charge in [-0.15, -0.1) is 0 Å². The van der Waals surface area contributed by atoms with E-state index >= 15 is 0 Å². The normalized spacial score (nSPS) is 18.4. The van der Waals surface area contributed by atoms with E-state index in [0.717, 1.165) is 32.5 Å². The van der Waals surface area contributed by atoms with E-state index in [2.05, 4.69) is 4.90 Å². The van der Waals surface area contributed by atoms with Gasteiger partial charge in [-0.05, 0) is 38.1 Å². The Kier molecular flexibility index (Phi) is 5.38. The molecule has 5 nitrogen and oxygen atoms in total. The Morgan fingerprint density at radius 1 is 1.55 bits per heavy atom. The van der Waals surface area contributed by atoms with Crippen LogP contribution in [0, 0.1) is 0 Å². The van der Waals surface area contributed by atoms with Gasteiger partial charge in [-0.25, -0.2) is 4.79 Å². The Labute approximate surface area is 119 Å². The van der Waals surface area contributed by atoms with Crippen LogP contribution in [0.2, 0.25) is 0 Å². The minimum absolute atomic E-state index is 0.246. The number of hydrogen-bond donors (Lipinski definition) is 1. The molecule has 1 aromatic carbocycles. The summed E-state index contributed by atoms with van der Waals surface area (Å²) in [4.78, 5) is 13.0. The summed E-state index contributed by atoms with van der Waals surface area (Å²) in [5.41, 5.74) is 0.246. The highest BCUT2D eigenvalue weighted by atomic mass is 16.5. The molecule has 1 fully saturated rings. The number of carboxylic acid groups (broad SMARTS) is 1. The number of carbonyl (C=O) groups is 1. The van der Waals surface area contributed by atoms with E-state index in [1.807, 2.05) is 7.05 Å². The number of likely N-dealkylation sites (N-methyl/N-ethyl adjacent to an activating group) is 1. The molecule has 0 bridgehead atoms. The SMILES string of the molecule is CN(CCOc1cccc(C(=O)O)c1)CC1CCCO1. The molecule has 110 valence electrons. The summed E-state index contributed by atoms with van der Waals surface area (Å²) >= 11 is 0. The summed E-state index contributed by atoms with van der Waals surface area (Å²) in [7, 11) is 2.04. The van der Waals surface area contributed by atoms with E-state index in [9.17, 15) is 4.79 Å². The molecular formula is C15H21NO4. The molecule has 1 atom stereocenters. The van der Waals surface area contributed by atoms with Crippen LogP contribution in [0.25, 0.3) is 0 Å². The largest absolute Gasteiger partial charge is 0.492 e. The molecule has 0 aromatic heterocycles. The second-order valence-electron chi connectivity index (χ2n) is 5.08. The highest BCUT2D eigenvalue weighted by Gasteiger charge is 2.17. The molecule has 0 spiro atoms. The van der Waals surface area contributed by atoms with Crippen molar-refractivity contribution in [2.45, 2.75) is 18.9 Å². The maximum absolute atomic E-state index is 10.9. The van der Waals surface area contributed by atoms with Crippen LogP contribution in [0.15, 0.2) is 24.3 Å². The molecule has 0 radical (unpaired) electrons. The monoisotopic (exact) mass is 279 g/mol. The third-order valence-corrected chi connectivity index (χ3v) is 3.36. The third-order valence-electron chi connectivity index (χ3n) is 3.36. The van der Waals surface area contributed by atoms with Gasteiger partial charge in [-0.3, -0.25) is 0 Å². The first-order chi connectivity index (χ1) is 9.65. The van der Waals surface area contributed by atoms with Gasteiger partial charge in [-0.2, -0.15) is 0 Å². The van der Waals surface area contributed by atoms with Gasteiger partial charge in [0.2, 0.25) is 0 Å². The lowest BCUT2D eigenvalue weighted by Gasteiger charge is -2.20. The zero-order chi connectivity index (χ0) is 14.4. The van der Waals surface area contributed by atoms with Gasteiger partial charge in [0, 0.05) is 19.7 Å². The van der Waals surface area contributed by atoms with Crippen molar-refractivity contribution < 1.29 is 19.4 Å². The summed E-state index contributed by atoms with van der Waals surface area (Å²) in [6.07, 6.45) is 2.62. The van der Waals surface area contributed by atoms with Gasteiger partial charge in [0.25, 0.3) is 0 Å². The van der Waals surface area contributed by atoms with Gasteiger partial charge in [0.15, 0.2) is 0 Å². The molecule has 5 heteroatoms. The second-order valence-corrected chi connectivity index (χ2v) is 5.08. The minimum Gasteiger partial charge on any atom is -0.492 e. The molecule has 0 saturated carbocycles. The Morgan fingerprint density at radius 3 is 3.10 bits per heavy atom. The molecule has 0 aliphatic carbocycles. The third kappa shape index (κ3) is 4.51. The molecule has 1 aliphatic heterocycles. The smallest absolute Gasteiger partial charge is 0.335 e. The first-order valence-electron chi connectivity index (χ1n) is 6.91. The van der Waals surface area contributed by atoms with Gasteiger partial charge in [0.1, 0.15) is 12.4 Å². The van der Waals surface area contributed by atoms with Gasteiger partial charge in [-0.1, -0.05) is 6.07 Å². The summed E-state index contributed by atoms with van der Waals surface area (Å²) in [6.45, 7) is 3.11. The van der Waals surface area contributed by atoms with Crippen LogP contribution in [0.5, 0.6) is 5.75 Å². The number of benzene rings is 1. The maximum Gasteiger partial charge on any atom is 0.335 e. The van der Waals surface area contributed by atoms with Crippen LogP contribution in [-0.2, 0) is 4.74 Å². The van der Waals surface area contributed by atoms with Gasteiger partial charge < -0.3 is 19.5 Å². The molecule has 0 amide bonds. The summed E-state index contributed by atoms with van der Waals surface area (Å²) in [5.74, 6) is -0.346. The van der Waals surface area contributed by atoms with E-state index in [-0.39, 0.29) is 5.56 Å². The van der Waals surface area contributed by atoms with Crippen LogP contribution in [-0.4, -0.2) is 55.4 Å². The molecule has 1 aromatic rings. The molecule has 2 rings (SSSR count). The quantitative estimate of drug-likeness (QED) is 0.825. The lowest BCUT2D eigenvalue weighted by atomic mass is 10.2. The average Bonchev–Trinajstić information content (AvgIpc) is 2.92. The number of ether oxygens (including phenoxy) is 2. The lowest BCUT2D eigenvalue weighted by molar-refractivity contribution is 0.0695. The van der Waals surface area contributed by atoms with E-state index in [0.29, 0.717) is 18.5 Å². The van der Waals surface area contributed by atoms with E-state index < -0.39 is 5.97 Å². The van der Waals surface area contributed by atoms with Crippen LogP contribution in [0.1, 0.15) is 23.2 Å². The van der Waals surface area contributed by atoms with Crippen molar-refractivity contribution in [3.8, 4) is 5.75 Å². The molecular weight excluding hydrogens is 258 g/mol. The van der Waals surface area contributed by atoms with Crippen LogP contribution < -0.4 is 4.74 Å². The van der Waals surface area contributed by atoms with Crippen molar-refractivity contribution in [1.29, 1.82) is 0 Å². The number of nitrogens with zero attached hydrogens (tertiary/aromatic N) is 1. The number of carboxylic acids is 1. The molecule has 1 aliphatic rings. The van der Waals surface area contributed by atoms with Crippen LogP contribution >= 0.6 is 0 Å². The van der Waals surface area contributed by atoms with Crippen molar-refractivity contribution in [3.63, 3.8) is 0 Å². The summed E-state index contributed by atoms with van der Waals surface area (Å²) in [5, 5.41) is 8.90. The molecule has 1 N–H and O–H groups in total. The molecule has 1 heterocycles. The Morgan fingerprint density at radius 2 is 2.40 bits per heavy atom. The number of hydrogen-bond acceptors (Lipinski definition) is 4. The zero-order valence-electron chi connectivity index (χ0n) is 11.7. The fourth-order valence-electron chi connectivity index (χ4n) is 2.27. The summed E-state index contributed by atoms with van der Waals surface area (Å²) in [6, 6.07) is 6.56. The topological polar surface area (TPSA) is 59.0 Å². The van der Waals surface area contributed by atoms with Crippen molar-refractivity contribution in [1.82, 2.24) is 4.90 Å². The standard InChI is InChI=1S/C15H21NO4/c1-16(11-14-6-3-8-19-14)7-9-20-13-5-2-4-12(10-13)15(17)18/h2,4-5,10,14H,3,6-9,11H2,1H3,(H,17,18). The van der Waals surface area contributed by atoms with Crippen molar-refractivity contribution >= 4 is 5.97 Å². The first-order valence-corrected chi connectivity index (χ1v) is 6.91. The molecule has 1 unspecified atom stereocenters. The predicted molar refractivity (Wildman–Crippen MR) is 75.4 cm³/mol. The second kappa shape index (κ2) is 7.26. The maximum atomic E-state index is 10.9. The first kappa shape index (κ1) is 14.8. The van der Waals surface area contributed by atoms with Crippen LogP contribution in [0.4, 0.5) is 0 Å².